The number of pyridine rings is 1. The number of ketones is 1. The van der Waals surface area contributed by atoms with Gasteiger partial charge in [-0.25, -0.2) is 0 Å². The number of carbonyl (C=O) groups is 1. The van der Waals surface area contributed by atoms with Crippen LogP contribution in [0, 0.1) is 6.92 Å². The maximum atomic E-state index is 11.9. The van der Waals surface area contributed by atoms with Crippen LogP contribution in [0.15, 0.2) is 71.2 Å². The summed E-state index contributed by atoms with van der Waals surface area (Å²) in [5.41, 5.74) is 6.16. The van der Waals surface area contributed by atoms with Gasteiger partial charge in [-0.1, -0.05) is 88.0 Å². The first kappa shape index (κ1) is 29.3. The molecule has 0 N–H and O–H groups in total. The van der Waals surface area contributed by atoms with Crippen LogP contribution in [0.4, 0.5) is 0 Å². The third-order valence-corrected chi connectivity index (χ3v) is 6.27. The molecule has 0 fully saturated rings. The Balaban J connectivity index is 0.000000342. The van der Waals surface area contributed by atoms with Gasteiger partial charge in [-0.3, -0.25) is 14.8 Å². The number of carbonyl (C=O) groups excluding carboxylic acids is 1. The van der Waals surface area contributed by atoms with Gasteiger partial charge in [-0.15, -0.1) is 0 Å². The second-order valence-electron chi connectivity index (χ2n) is 8.15. The first-order valence-corrected chi connectivity index (χ1v) is 12.8. The van der Waals surface area contributed by atoms with Crippen LogP contribution in [0.1, 0.15) is 87.0 Å². The van der Waals surface area contributed by atoms with E-state index in [0.29, 0.717) is 12.1 Å². The minimum atomic E-state index is 0.121. The van der Waals surface area contributed by atoms with Gasteiger partial charge in [0.05, 0.1) is 5.04 Å². The van der Waals surface area contributed by atoms with Gasteiger partial charge in [0.15, 0.2) is 5.78 Å². The van der Waals surface area contributed by atoms with E-state index >= 15 is 0 Å². The van der Waals surface area contributed by atoms with Crippen LogP contribution in [-0.2, 0) is 0 Å². The summed E-state index contributed by atoms with van der Waals surface area (Å²) in [5.74, 6) is 0.121. The topological polar surface area (TPSA) is 42.3 Å². The smallest absolute Gasteiger partial charge is 0.181 e. The van der Waals surface area contributed by atoms with Crippen molar-refractivity contribution in [3.63, 3.8) is 0 Å². The van der Waals surface area contributed by atoms with Crippen LogP contribution in [-0.4, -0.2) is 22.9 Å². The Hall–Kier alpha value is -2.72. The van der Waals surface area contributed by atoms with Crippen molar-refractivity contribution in [2.75, 3.05) is 7.05 Å². The van der Waals surface area contributed by atoms with E-state index in [2.05, 4.69) is 74.2 Å². The molecule has 34 heavy (non-hydrogen) atoms. The fraction of sp³-hybridized carbons (Fsp3) is 0.367. The minimum Gasteiger partial charge on any atom is -0.292 e. The number of thioether (sulfide) groups is 1. The van der Waals surface area contributed by atoms with Crippen molar-refractivity contribution in [2.24, 2.45) is 4.99 Å². The van der Waals surface area contributed by atoms with Gasteiger partial charge in [0.2, 0.25) is 0 Å². The molecule has 2 rings (SSSR count). The highest BCUT2D eigenvalue weighted by molar-refractivity contribution is 8.17. The molecule has 0 aliphatic heterocycles. The number of benzene rings is 1. The summed E-state index contributed by atoms with van der Waals surface area (Å²) in [5, 5.41) is 1.06. The van der Waals surface area contributed by atoms with Crippen molar-refractivity contribution in [1.82, 2.24) is 4.98 Å². The summed E-state index contributed by atoms with van der Waals surface area (Å²) in [6, 6.07) is 12.3. The van der Waals surface area contributed by atoms with Gasteiger partial charge in [0, 0.05) is 30.1 Å². The number of aliphatic imine (C=N–C) groups is 1. The maximum absolute atomic E-state index is 11.9. The van der Waals surface area contributed by atoms with Gasteiger partial charge >= 0.3 is 0 Å². The lowest BCUT2D eigenvalue weighted by Gasteiger charge is -2.09. The summed E-state index contributed by atoms with van der Waals surface area (Å²) in [7, 11) is 1.82. The molecule has 1 heterocycles. The highest BCUT2D eigenvalue weighted by atomic mass is 32.2. The Morgan fingerprint density at radius 3 is 2.38 bits per heavy atom. The van der Waals surface area contributed by atoms with Gasteiger partial charge < -0.3 is 0 Å². The van der Waals surface area contributed by atoms with E-state index < -0.39 is 0 Å². The van der Waals surface area contributed by atoms with Crippen LogP contribution in [0.5, 0.6) is 0 Å². The molecular weight excluding hydrogens is 436 g/mol. The van der Waals surface area contributed by atoms with E-state index in [-0.39, 0.29) is 5.78 Å². The third-order valence-electron chi connectivity index (χ3n) is 5.17. The number of aromatic nitrogens is 1. The van der Waals surface area contributed by atoms with Crippen molar-refractivity contribution in [2.45, 2.75) is 66.7 Å². The number of allylic oxidation sites excluding steroid dienone is 2. The quantitative estimate of drug-likeness (QED) is 0.149. The summed E-state index contributed by atoms with van der Waals surface area (Å²) in [6.45, 7) is 18.5. The van der Waals surface area contributed by atoms with Gasteiger partial charge in [0.1, 0.15) is 5.69 Å². The van der Waals surface area contributed by atoms with Crippen LogP contribution in [0.2, 0.25) is 0 Å². The number of aryl methyl sites for hydroxylation is 1. The van der Waals surface area contributed by atoms with Crippen molar-refractivity contribution in [1.29, 1.82) is 0 Å². The van der Waals surface area contributed by atoms with Crippen molar-refractivity contribution in [3.05, 3.63) is 88.6 Å². The zero-order chi connectivity index (χ0) is 25.5. The molecule has 2 aromatic rings. The summed E-state index contributed by atoms with van der Waals surface area (Å²) in [4.78, 5) is 21.5. The molecule has 0 aliphatic carbocycles. The van der Waals surface area contributed by atoms with Crippen molar-refractivity contribution < 1.29 is 4.79 Å². The van der Waals surface area contributed by atoms with Crippen molar-refractivity contribution in [3.8, 4) is 0 Å². The molecule has 0 saturated carbocycles. The van der Waals surface area contributed by atoms with Gasteiger partial charge in [0.25, 0.3) is 0 Å². The lowest BCUT2D eigenvalue weighted by Crippen LogP contribution is -2.05. The molecule has 1 aromatic carbocycles. The second kappa shape index (κ2) is 16.0. The Labute approximate surface area is 211 Å². The Bertz CT molecular complexity index is 997. The monoisotopic (exact) mass is 476 g/mol. The predicted octanol–water partition coefficient (Wildman–Crippen LogP) is 8.96. The van der Waals surface area contributed by atoms with Crippen LogP contribution in [0.25, 0.3) is 11.6 Å². The molecule has 4 heteroatoms. The van der Waals surface area contributed by atoms with E-state index in [1.165, 1.54) is 16.0 Å². The average Bonchev–Trinajstić information content (AvgIpc) is 2.83. The van der Waals surface area contributed by atoms with Crippen LogP contribution >= 0.6 is 11.8 Å². The van der Waals surface area contributed by atoms with Crippen LogP contribution < -0.4 is 0 Å². The summed E-state index contributed by atoms with van der Waals surface area (Å²) < 4.78 is 0. The molecule has 0 saturated heterocycles. The van der Waals surface area contributed by atoms with E-state index in [1.54, 1.807) is 18.0 Å². The number of hydrogen-bond acceptors (Lipinski definition) is 4. The fourth-order valence-electron chi connectivity index (χ4n) is 3.19. The lowest BCUT2D eigenvalue weighted by atomic mass is 9.98. The van der Waals surface area contributed by atoms with Crippen LogP contribution in [0.3, 0.4) is 0 Å². The van der Waals surface area contributed by atoms with E-state index in [4.69, 9.17) is 0 Å². The number of nitrogens with zero attached hydrogens (tertiary/aromatic N) is 2. The Kier molecular flexibility index (Phi) is 13.8. The normalized spacial score (nSPS) is 11.5. The molecule has 0 bridgehead atoms. The number of Topliss-reactive ketones (excluding diaryl/α,β-unsaturated/α-hetero) is 1. The SMILES string of the molecule is C=C(CC)/C(=C\c1cccc(C)c1)SC(C)=NC.C=C(CCC)c1cccnc1C(=O)CCC. The Morgan fingerprint density at radius 2 is 1.79 bits per heavy atom. The first-order valence-electron chi connectivity index (χ1n) is 12.0. The minimum absolute atomic E-state index is 0.121. The molecule has 0 aliphatic rings. The van der Waals surface area contributed by atoms with E-state index in [9.17, 15) is 4.79 Å². The van der Waals surface area contributed by atoms with E-state index in [0.717, 1.165) is 47.4 Å². The molecule has 3 nitrogen and oxygen atoms in total. The first-order chi connectivity index (χ1) is 16.3. The van der Waals surface area contributed by atoms with Crippen molar-refractivity contribution >= 4 is 34.2 Å². The molecular formula is C30H40N2OS. The molecule has 1 aromatic heterocycles. The van der Waals surface area contributed by atoms with Gasteiger partial charge in [-0.05, 0) is 62.0 Å². The molecule has 0 spiro atoms. The zero-order valence-corrected chi connectivity index (χ0v) is 22.6. The molecule has 182 valence electrons. The fourth-order valence-corrected chi connectivity index (χ4v) is 4.08. The second-order valence-corrected chi connectivity index (χ2v) is 9.39. The van der Waals surface area contributed by atoms with Gasteiger partial charge in [-0.2, -0.15) is 0 Å². The Morgan fingerprint density at radius 1 is 1.09 bits per heavy atom. The standard InChI is InChI=1S/C16H21NS.C14H19NO/c1-6-13(3)16(18-14(4)17-5)11-15-9-7-8-12(2)10-15;1-4-7-11(3)12-9-6-10-15-14(12)13(16)8-5-2/h7-11H,3,6H2,1-2,4-5H3;6,9-10H,3-5,7-8H2,1-2H3/b16-11+,17-14?;. The molecule has 0 radical (unpaired) electrons. The summed E-state index contributed by atoms with van der Waals surface area (Å²) >= 11 is 1.69. The third kappa shape index (κ3) is 10.0. The van der Waals surface area contributed by atoms with E-state index in [1.807, 2.05) is 33.0 Å². The maximum Gasteiger partial charge on any atom is 0.181 e. The molecule has 0 atom stereocenters. The summed E-state index contributed by atoms with van der Waals surface area (Å²) in [6.07, 6.45) is 8.19. The number of hydrogen-bond donors (Lipinski definition) is 0. The molecule has 0 amide bonds. The predicted molar refractivity (Wildman–Crippen MR) is 153 cm³/mol. The molecule has 0 unspecified atom stereocenters. The highest BCUT2D eigenvalue weighted by Crippen LogP contribution is 2.29. The highest BCUT2D eigenvalue weighted by Gasteiger charge is 2.13. The largest absolute Gasteiger partial charge is 0.292 e. The number of rotatable bonds is 10. The zero-order valence-electron chi connectivity index (χ0n) is 21.8. The lowest BCUT2D eigenvalue weighted by molar-refractivity contribution is 0.0976. The average molecular weight is 477 g/mol.